The van der Waals surface area contributed by atoms with Crippen molar-refractivity contribution >= 4 is 17.9 Å². The molecule has 1 aliphatic carbocycles. The third kappa shape index (κ3) is 10.1. The fourth-order valence-electron chi connectivity index (χ4n) is 5.96. The molecule has 0 radical (unpaired) electrons. The summed E-state index contributed by atoms with van der Waals surface area (Å²) < 4.78 is 5.65. The van der Waals surface area contributed by atoms with Gasteiger partial charge >= 0.3 is 6.09 Å². The number of hydrogen-bond donors (Lipinski definition) is 0. The van der Waals surface area contributed by atoms with Crippen LogP contribution in [0.1, 0.15) is 88.7 Å². The van der Waals surface area contributed by atoms with E-state index in [-0.39, 0.29) is 17.9 Å². The highest BCUT2D eigenvalue weighted by molar-refractivity contribution is 5.96. The van der Waals surface area contributed by atoms with Gasteiger partial charge < -0.3 is 19.4 Å². The average Bonchev–Trinajstić information content (AvgIpc) is 3.30. The van der Waals surface area contributed by atoms with Crippen molar-refractivity contribution in [1.82, 2.24) is 19.6 Å². The van der Waals surface area contributed by atoms with Gasteiger partial charge in [-0.15, -0.1) is 0 Å². The minimum atomic E-state index is -0.592. The van der Waals surface area contributed by atoms with Gasteiger partial charge in [-0.1, -0.05) is 45.1 Å². The Morgan fingerprint density at radius 3 is 2.29 bits per heavy atom. The molecule has 45 heavy (non-hydrogen) atoms. The molecule has 8 heteroatoms. The maximum atomic E-state index is 13.9. The SMILES string of the molecule is Cc1cc(C(=O)N2CCN(C(=O)OC(C)(C)C)CC3=CCC=CC=C32)ccc1CCCC(=O)N1CCN(CCC(C)(C)C)CC1. The summed E-state index contributed by atoms with van der Waals surface area (Å²) in [6.45, 7) is 20.2. The van der Waals surface area contributed by atoms with Crippen LogP contribution < -0.4 is 0 Å². The number of fused-ring (bicyclic) bond motifs is 1. The van der Waals surface area contributed by atoms with Crippen LogP contribution in [0.5, 0.6) is 0 Å². The van der Waals surface area contributed by atoms with Gasteiger partial charge in [-0.05, 0) is 100 Å². The largest absolute Gasteiger partial charge is 0.444 e. The van der Waals surface area contributed by atoms with E-state index in [4.69, 9.17) is 4.74 Å². The summed E-state index contributed by atoms with van der Waals surface area (Å²) >= 11 is 0. The van der Waals surface area contributed by atoms with E-state index in [0.717, 1.165) is 74.4 Å². The van der Waals surface area contributed by atoms with Crippen LogP contribution in [-0.2, 0) is 16.0 Å². The molecule has 1 aromatic carbocycles. The summed E-state index contributed by atoms with van der Waals surface area (Å²) in [5.74, 6) is 0.158. The number of amides is 3. The topological polar surface area (TPSA) is 73.4 Å². The van der Waals surface area contributed by atoms with E-state index >= 15 is 0 Å². The smallest absolute Gasteiger partial charge is 0.410 e. The van der Waals surface area contributed by atoms with Crippen LogP contribution in [0.15, 0.2) is 53.8 Å². The van der Waals surface area contributed by atoms with Crippen LogP contribution >= 0.6 is 0 Å². The zero-order valence-electron chi connectivity index (χ0n) is 28.7. The second kappa shape index (κ2) is 14.8. The van der Waals surface area contributed by atoms with Crippen molar-refractivity contribution in [3.8, 4) is 0 Å². The highest BCUT2D eigenvalue weighted by Gasteiger charge is 2.31. The molecule has 2 aliphatic heterocycles. The van der Waals surface area contributed by atoms with E-state index in [1.165, 1.54) is 6.42 Å². The quantitative estimate of drug-likeness (QED) is 0.356. The van der Waals surface area contributed by atoms with E-state index < -0.39 is 5.60 Å². The zero-order valence-corrected chi connectivity index (χ0v) is 28.7. The number of rotatable bonds is 7. The monoisotopic (exact) mass is 618 g/mol. The van der Waals surface area contributed by atoms with Crippen molar-refractivity contribution in [2.45, 2.75) is 86.2 Å². The van der Waals surface area contributed by atoms with Crippen LogP contribution in [0.4, 0.5) is 4.79 Å². The fraction of sp³-hybridized carbons (Fsp3) is 0.595. The number of nitrogens with zero attached hydrogens (tertiary/aromatic N) is 4. The van der Waals surface area contributed by atoms with E-state index in [0.29, 0.717) is 37.0 Å². The van der Waals surface area contributed by atoms with E-state index in [2.05, 4.69) is 31.7 Å². The van der Waals surface area contributed by atoms with Gasteiger partial charge in [0, 0.05) is 56.9 Å². The molecule has 0 atom stereocenters. The van der Waals surface area contributed by atoms with Crippen molar-refractivity contribution < 1.29 is 19.1 Å². The first-order valence-corrected chi connectivity index (χ1v) is 16.7. The normalized spacial score (nSPS) is 18.1. The third-order valence-electron chi connectivity index (χ3n) is 8.69. The first kappa shape index (κ1) is 34.5. The van der Waals surface area contributed by atoms with Crippen LogP contribution in [0.3, 0.4) is 0 Å². The fourth-order valence-corrected chi connectivity index (χ4v) is 5.96. The van der Waals surface area contributed by atoms with Gasteiger partial charge in [0.15, 0.2) is 0 Å². The van der Waals surface area contributed by atoms with Gasteiger partial charge in [0.05, 0.1) is 6.54 Å². The molecule has 0 bridgehead atoms. The van der Waals surface area contributed by atoms with Crippen molar-refractivity contribution in [2.75, 3.05) is 52.4 Å². The minimum Gasteiger partial charge on any atom is -0.444 e. The van der Waals surface area contributed by atoms with Gasteiger partial charge in [0.1, 0.15) is 5.60 Å². The zero-order chi connectivity index (χ0) is 32.8. The number of benzene rings is 1. The lowest BCUT2D eigenvalue weighted by Crippen LogP contribution is -2.49. The van der Waals surface area contributed by atoms with E-state index in [1.54, 1.807) is 9.80 Å². The van der Waals surface area contributed by atoms with Crippen molar-refractivity contribution in [1.29, 1.82) is 0 Å². The molecule has 3 aliphatic rings. The second-order valence-corrected chi connectivity index (χ2v) is 14.8. The molecule has 2 saturated heterocycles. The van der Waals surface area contributed by atoms with Gasteiger partial charge in [-0.3, -0.25) is 14.5 Å². The minimum absolute atomic E-state index is 0.0834. The Balaban J connectivity index is 1.34. The summed E-state index contributed by atoms with van der Waals surface area (Å²) in [5, 5.41) is 0. The number of carbonyl (C=O) groups excluding carboxylic acids is 3. The van der Waals surface area contributed by atoms with Gasteiger partial charge in [-0.2, -0.15) is 0 Å². The van der Waals surface area contributed by atoms with Gasteiger partial charge in [0.2, 0.25) is 5.91 Å². The van der Waals surface area contributed by atoms with Gasteiger partial charge in [0.25, 0.3) is 5.91 Å². The lowest BCUT2D eigenvalue weighted by Gasteiger charge is -2.36. The number of allylic oxidation sites excluding steroid dienone is 4. The number of carbonyl (C=O) groups is 3. The standard InChI is InChI=1S/C37H54N4O4/c1-28-26-30(17-16-29(28)13-11-15-33(42)39-22-20-38(21-23-39)19-18-36(2,3)4)34(43)41-25-24-40(35(44)45-37(5,6)7)27-31-12-9-8-10-14-32(31)41/h8,10,12,14,16-17,26H,9,11,13,15,18-25,27H2,1-7H3. The molecule has 2 fully saturated rings. The van der Waals surface area contributed by atoms with E-state index in [1.807, 2.05) is 69.0 Å². The molecule has 0 spiro atoms. The summed E-state index contributed by atoms with van der Waals surface area (Å²) in [4.78, 5) is 47.8. The first-order chi connectivity index (χ1) is 21.2. The summed E-state index contributed by atoms with van der Waals surface area (Å²) in [6, 6.07) is 5.89. The number of aryl methyl sites for hydroxylation is 2. The predicted octanol–water partition coefficient (Wildman–Crippen LogP) is 6.36. The molecular weight excluding hydrogens is 564 g/mol. The van der Waals surface area contributed by atoms with E-state index in [9.17, 15) is 14.4 Å². The van der Waals surface area contributed by atoms with Crippen LogP contribution in [0.2, 0.25) is 0 Å². The molecule has 0 saturated carbocycles. The molecule has 4 rings (SSSR count). The maximum absolute atomic E-state index is 13.9. The summed E-state index contributed by atoms with van der Waals surface area (Å²) in [7, 11) is 0. The molecule has 246 valence electrons. The second-order valence-electron chi connectivity index (χ2n) is 14.8. The molecule has 2 heterocycles. The Morgan fingerprint density at radius 1 is 0.911 bits per heavy atom. The molecule has 0 aromatic heterocycles. The molecule has 1 aromatic rings. The average molecular weight is 619 g/mol. The van der Waals surface area contributed by atoms with Crippen molar-refractivity contribution in [3.63, 3.8) is 0 Å². The van der Waals surface area contributed by atoms with Crippen LogP contribution in [-0.4, -0.2) is 95.5 Å². The molecule has 8 nitrogen and oxygen atoms in total. The summed E-state index contributed by atoms with van der Waals surface area (Å²) in [6.07, 6.45) is 11.8. The highest BCUT2D eigenvalue weighted by atomic mass is 16.6. The lowest BCUT2D eigenvalue weighted by molar-refractivity contribution is -0.133. The highest BCUT2D eigenvalue weighted by Crippen LogP contribution is 2.27. The Hall–Kier alpha value is -3.39. The number of ether oxygens (including phenoxy) is 1. The molecule has 0 N–H and O–H groups in total. The van der Waals surface area contributed by atoms with Crippen LogP contribution in [0, 0.1) is 12.3 Å². The summed E-state index contributed by atoms with van der Waals surface area (Å²) in [5.41, 5.74) is 4.35. The molecule has 3 amide bonds. The third-order valence-corrected chi connectivity index (χ3v) is 8.69. The lowest BCUT2D eigenvalue weighted by atomic mass is 9.92. The van der Waals surface area contributed by atoms with Crippen molar-refractivity contribution in [2.24, 2.45) is 5.41 Å². The predicted molar refractivity (Wildman–Crippen MR) is 180 cm³/mol. The van der Waals surface area contributed by atoms with Crippen molar-refractivity contribution in [3.05, 3.63) is 70.5 Å². The number of hydrogen-bond acceptors (Lipinski definition) is 5. The Morgan fingerprint density at radius 2 is 1.62 bits per heavy atom. The Bertz CT molecular complexity index is 1320. The first-order valence-electron chi connectivity index (χ1n) is 16.7. The Kier molecular flexibility index (Phi) is 11.3. The Labute approximate surface area is 270 Å². The number of piperazine rings is 1. The van der Waals surface area contributed by atoms with Crippen LogP contribution in [0.25, 0.3) is 0 Å². The maximum Gasteiger partial charge on any atom is 0.410 e. The molecule has 0 unspecified atom stereocenters. The van der Waals surface area contributed by atoms with Gasteiger partial charge in [-0.25, -0.2) is 4.79 Å². The molecular formula is C37H54N4O4.